The number of aryl methyl sites for hydroxylation is 4. The number of rotatable bonds is 21. The van der Waals surface area contributed by atoms with E-state index in [2.05, 4.69) is 120 Å². The Morgan fingerprint density at radius 1 is 0.727 bits per heavy atom. The second-order valence-corrected chi connectivity index (χ2v) is 32.4. The number of carbonyl (C=O) groups excluding carboxylic acids is 1. The summed E-state index contributed by atoms with van der Waals surface area (Å²) in [5.74, 6) is 0.610. The van der Waals surface area contributed by atoms with Gasteiger partial charge in [-0.05, 0) is 125 Å². The van der Waals surface area contributed by atoms with Crippen molar-refractivity contribution in [2.75, 3.05) is 6.61 Å². The Hall–Kier alpha value is -3.16. The minimum atomic E-state index is -2.24. The number of ketones is 1. The second-order valence-electron chi connectivity index (χ2n) is 16.5. The van der Waals surface area contributed by atoms with Crippen LogP contribution < -0.4 is 0 Å². The Balaban J connectivity index is 0.000000220. The van der Waals surface area contributed by atoms with Crippen LogP contribution in [0.5, 0.6) is 0 Å². The molecule has 0 unspecified atom stereocenters. The quantitative estimate of drug-likeness (QED) is 0.0308. The predicted molar refractivity (Wildman–Crippen MR) is 283 cm³/mol. The average molecular weight is 1260 g/mol. The number of halogens is 5. The number of ether oxygens (including phenoxy) is 1. The van der Waals surface area contributed by atoms with Gasteiger partial charge in [-0.25, -0.2) is 18.7 Å². The molecule has 0 spiro atoms. The third-order valence-corrected chi connectivity index (χ3v) is 29.2. The first-order valence-corrected chi connectivity index (χ1v) is 33.3. The molecule has 2 aromatic carbocycles. The van der Waals surface area contributed by atoms with Gasteiger partial charge in [0.15, 0.2) is 5.78 Å². The number of unbranched alkanes of at least 4 members (excludes halogenated alkanes) is 3. The second kappa shape index (κ2) is 27.1. The summed E-state index contributed by atoms with van der Waals surface area (Å²) in [5.41, 5.74) is 5.73. The number of aromatic nitrogens is 8. The van der Waals surface area contributed by atoms with Crippen LogP contribution in [0.4, 0.5) is 8.78 Å². The molecule has 6 aromatic rings. The monoisotopic (exact) mass is 1250 g/mol. The van der Waals surface area contributed by atoms with Crippen LogP contribution in [-0.2, 0) is 30.9 Å². The molecule has 0 atom stereocenters. The third-order valence-electron chi connectivity index (χ3n) is 11.5. The summed E-state index contributed by atoms with van der Waals surface area (Å²) in [7, 11) is 0. The summed E-state index contributed by atoms with van der Waals surface area (Å²) >= 11 is 7.06. The van der Waals surface area contributed by atoms with Gasteiger partial charge >= 0.3 is 120 Å². The molecular formula is C50H67Br2F2IN8O2Sn. The van der Waals surface area contributed by atoms with E-state index in [-0.39, 0.29) is 11.6 Å². The van der Waals surface area contributed by atoms with E-state index in [9.17, 15) is 13.6 Å². The van der Waals surface area contributed by atoms with Crippen LogP contribution in [0.25, 0.3) is 22.8 Å². The van der Waals surface area contributed by atoms with Crippen LogP contribution in [0.2, 0.25) is 13.3 Å². The summed E-state index contributed by atoms with van der Waals surface area (Å²) in [6, 6.07) is 8.99. The summed E-state index contributed by atoms with van der Waals surface area (Å²) in [6.07, 6.45) is 15.7. The van der Waals surface area contributed by atoms with Gasteiger partial charge in [-0.15, -0.1) is 0 Å². The maximum absolute atomic E-state index is 13.6. The van der Waals surface area contributed by atoms with Gasteiger partial charge in [-0.2, -0.15) is 10.2 Å². The molecule has 0 saturated carbocycles. The normalized spacial score (nSPS) is 11.2. The molecule has 4 heterocycles. The van der Waals surface area contributed by atoms with E-state index in [0.29, 0.717) is 30.0 Å². The van der Waals surface area contributed by atoms with Crippen molar-refractivity contribution in [3.63, 3.8) is 0 Å². The summed E-state index contributed by atoms with van der Waals surface area (Å²) in [4.78, 5) is 21.1. The summed E-state index contributed by atoms with van der Waals surface area (Å²) < 4.78 is 49.0. The molecule has 0 aliphatic carbocycles. The zero-order valence-corrected chi connectivity index (χ0v) is 48.3. The van der Waals surface area contributed by atoms with Gasteiger partial charge in [0.2, 0.25) is 0 Å². The van der Waals surface area contributed by atoms with Crippen LogP contribution >= 0.6 is 54.5 Å². The van der Waals surface area contributed by atoms with Gasteiger partial charge in [-0.3, -0.25) is 14.2 Å². The Morgan fingerprint density at radius 3 is 1.56 bits per heavy atom. The molecular weight excluding hydrogens is 1190 g/mol. The van der Waals surface area contributed by atoms with Gasteiger partial charge < -0.3 is 9.13 Å². The average Bonchev–Trinajstić information content (AvgIpc) is 4.05. The van der Waals surface area contributed by atoms with E-state index in [0.717, 1.165) is 66.4 Å². The van der Waals surface area contributed by atoms with Crippen molar-refractivity contribution in [1.82, 2.24) is 38.7 Å². The van der Waals surface area contributed by atoms with E-state index in [1.165, 1.54) is 86.8 Å². The minimum absolute atomic E-state index is 0.193. The van der Waals surface area contributed by atoms with Crippen LogP contribution in [-0.4, -0.2) is 69.4 Å². The van der Waals surface area contributed by atoms with Crippen molar-refractivity contribution >= 4 is 78.6 Å². The van der Waals surface area contributed by atoms with E-state index >= 15 is 0 Å². The number of nitrogens with zero attached hydrogens (tertiary/aromatic N) is 8. The SMILES string of the molecule is C=[C](OCC)[Sn]([CH2]CCC)([CH2]CCC)[CH2]CCC.CCn1ncc(Cn2cc(C)nc2-c2ccc(F)cc2C(C)=O)c1Br.CCn1ncc(Cn2cc(C)nc2-c2ccc(F)cc2I)c1Br. The van der Waals surface area contributed by atoms with Gasteiger partial charge in [-0.1, -0.05) is 0 Å². The van der Waals surface area contributed by atoms with Crippen molar-refractivity contribution in [2.45, 2.75) is 140 Å². The fraction of sp³-hybridized carbons (Fsp3) is 0.460. The number of benzene rings is 2. The number of Topliss-reactive ketones (excluding diaryl/α,β-unsaturated/α-hetero) is 1. The predicted octanol–water partition coefficient (Wildman–Crippen LogP) is 14.8. The molecule has 10 nitrogen and oxygen atoms in total. The molecule has 0 aliphatic rings. The van der Waals surface area contributed by atoms with E-state index < -0.39 is 24.2 Å². The van der Waals surface area contributed by atoms with Crippen LogP contribution in [0.3, 0.4) is 0 Å². The van der Waals surface area contributed by atoms with Crippen LogP contribution in [0.15, 0.2) is 80.7 Å². The number of hydrogen-bond donors (Lipinski definition) is 0. The van der Waals surface area contributed by atoms with Crippen molar-refractivity contribution in [2.24, 2.45) is 0 Å². The smallest absolute Gasteiger partial charge is 0.160 e. The first-order valence-electron chi connectivity index (χ1n) is 23.1. The molecule has 358 valence electrons. The zero-order chi connectivity index (χ0) is 48.6. The fourth-order valence-corrected chi connectivity index (χ4v) is 24.4. The number of carbonyl (C=O) groups is 1. The molecule has 0 aliphatic heterocycles. The zero-order valence-electron chi connectivity index (χ0n) is 40.2. The molecule has 4 aromatic heterocycles. The molecule has 0 N–H and O–H groups in total. The molecule has 0 amide bonds. The Labute approximate surface area is 425 Å². The van der Waals surface area contributed by atoms with Crippen molar-refractivity contribution in [3.8, 4) is 22.8 Å². The molecule has 6 rings (SSSR count). The van der Waals surface area contributed by atoms with Gasteiger partial charge in [0, 0.05) is 56.9 Å². The van der Waals surface area contributed by atoms with Gasteiger partial charge in [0.05, 0.1) is 36.9 Å². The summed E-state index contributed by atoms with van der Waals surface area (Å²) in [6.45, 7) is 26.3. The Bertz CT molecular complexity index is 2490. The minimum Gasteiger partial charge on any atom is -0.326 e. The largest absolute Gasteiger partial charge is 0.326 e. The molecule has 0 bridgehead atoms. The summed E-state index contributed by atoms with van der Waals surface area (Å²) in [5, 5.41) is 8.68. The van der Waals surface area contributed by atoms with Gasteiger partial charge in [0.25, 0.3) is 0 Å². The molecule has 0 fully saturated rings. The number of hydrogen-bond acceptors (Lipinski definition) is 6. The third kappa shape index (κ3) is 14.9. The first-order chi connectivity index (χ1) is 31.6. The Kier molecular flexibility index (Phi) is 22.8. The van der Waals surface area contributed by atoms with E-state index in [1.807, 2.05) is 59.5 Å². The van der Waals surface area contributed by atoms with Crippen molar-refractivity contribution in [3.05, 3.63) is 124 Å². The maximum Gasteiger partial charge on any atom is 0.160 e. The number of imidazole rings is 2. The van der Waals surface area contributed by atoms with Crippen molar-refractivity contribution in [1.29, 1.82) is 0 Å². The molecule has 0 radical (unpaired) electrons. The molecule has 16 heteroatoms. The molecule has 66 heavy (non-hydrogen) atoms. The maximum atomic E-state index is 13.6. The van der Waals surface area contributed by atoms with Gasteiger partial charge in [0.1, 0.15) is 32.5 Å². The van der Waals surface area contributed by atoms with E-state index in [1.54, 1.807) is 12.1 Å². The molecule has 0 saturated heterocycles. The standard InChI is InChI=1S/C18H18BrFN4O.C16H15BrFIN4.C4H7O.3C4H9.Sn/c1-4-24-17(19)13(8-21-24)10-23-9-11(2)22-18(23)15-6-5-14(20)7-16(15)12(3)25;1-3-23-15(17)11(7-20-23)9-22-8-10(2)21-16(22)13-5-4-12(18)6-14(13)19;1-3-5-4-2;3*1-3-4-2;/h5-9H,4,10H2,1-3H3;4-8H,3,9H2,1-2H3;1,4H2,2H3;3*1,3-4H2,2H3;. The van der Waals surface area contributed by atoms with Crippen LogP contribution in [0, 0.1) is 29.1 Å². The topological polar surface area (TPSA) is 97.6 Å². The first kappa shape index (κ1) is 55.4. The van der Waals surface area contributed by atoms with Crippen LogP contribution in [0.1, 0.15) is 120 Å². The van der Waals surface area contributed by atoms with Crippen molar-refractivity contribution < 1.29 is 18.3 Å². The van der Waals surface area contributed by atoms with E-state index in [4.69, 9.17) is 4.74 Å². The Morgan fingerprint density at radius 2 is 1.17 bits per heavy atom. The fourth-order valence-electron chi connectivity index (χ4n) is 7.94.